The molecule has 3 heteroatoms. The summed E-state index contributed by atoms with van der Waals surface area (Å²) in [5, 5.41) is 0. The van der Waals surface area contributed by atoms with Crippen LogP contribution in [0, 0.1) is 32.1 Å². The minimum atomic E-state index is -0.669. The van der Waals surface area contributed by atoms with Gasteiger partial charge in [0.1, 0.15) is 5.78 Å². The highest BCUT2D eigenvalue weighted by atomic mass is 16.5. The Balaban J connectivity index is 2.25. The molecule has 2 rings (SSSR count). The lowest BCUT2D eigenvalue weighted by atomic mass is 9.65. The first kappa shape index (κ1) is 18.7. The highest BCUT2D eigenvalue weighted by Gasteiger charge is 2.47. The van der Waals surface area contributed by atoms with Crippen molar-refractivity contribution in [3.8, 4) is 0 Å². The monoisotopic (exact) mass is 330 g/mol. The maximum absolute atomic E-state index is 13.1. The molecule has 0 amide bonds. The molecule has 1 aliphatic carbocycles. The molecular weight excluding hydrogens is 300 g/mol. The number of carbonyl (C=O) groups excluding carboxylic acids is 2. The zero-order chi connectivity index (χ0) is 17.9. The van der Waals surface area contributed by atoms with E-state index in [2.05, 4.69) is 32.9 Å². The van der Waals surface area contributed by atoms with Gasteiger partial charge in [0, 0.05) is 12.3 Å². The highest BCUT2D eigenvalue weighted by Crippen LogP contribution is 2.43. The van der Waals surface area contributed by atoms with Crippen molar-refractivity contribution < 1.29 is 14.3 Å². The van der Waals surface area contributed by atoms with Gasteiger partial charge in [0.25, 0.3) is 0 Å². The highest BCUT2D eigenvalue weighted by molar-refractivity contribution is 5.90. The fourth-order valence-corrected chi connectivity index (χ4v) is 4.18. The third-order valence-electron chi connectivity index (χ3n) is 5.53. The van der Waals surface area contributed by atoms with Crippen LogP contribution in [0.3, 0.4) is 0 Å². The number of esters is 1. The Bertz CT molecular complexity index is 609. The Morgan fingerprint density at radius 2 is 1.79 bits per heavy atom. The molecular formula is C21H30O3. The predicted molar refractivity (Wildman–Crippen MR) is 96.1 cm³/mol. The summed E-state index contributed by atoms with van der Waals surface area (Å²) in [6.45, 7) is 10.3. The van der Waals surface area contributed by atoms with Crippen molar-refractivity contribution in [1.82, 2.24) is 0 Å². The summed E-state index contributed by atoms with van der Waals surface area (Å²) in [4.78, 5) is 25.6. The van der Waals surface area contributed by atoms with Crippen LogP contribution in [0.15, 0.2) is 12.1 Å². The van der Waals surface area contributed by atoms with Crippen LogP contribution in [0.4, 0.5) is 0 Å². The molecule has 0 N–H and O–H groups in total. The van der Waals surface area contributed by atoms with Crippen LogP contribution in [0.25, 0.3) is 0 Å². The van der Waals surface area contributed by atoms with E-state index in [0.29, 0.717) is 13.0 Å². The van der Waals surface area contributed by atoms with Gasteiger partial charge >= 0.3 is 5.97 Å². The molecule has 2 unspecified atom stereocenters. The standard InChI is InChI=1S/C21H30O3/c1-6-24-20(23)21(5)10-8-7-9-18(21)19(22)13-17-15(3)11-14(2)12-16(17)4/h11-12,18H,6-10,13H2,1-5H3. The number of hydrogen-bond donors (Lipinski definition) is 0. The average molecular weight is 330 g/mol. The van der Waals surface area contributed by atoms with Crippen molar-refractivity contribution in [3.05, 3.63) is 34.4 Å². The molecule has 0 aromatic heterocycles. The molecule has 0 aliphatic heterocycles. The van der Waals surface area contributed by atoms with E-state index >= 15 is 0 Å². The second kappa shape index (κ2) is 7.50. The number of rotatable bonds is 5. The molecule has 24 heavy (non-hydrogen) atoms. The molecule has 1 aromatic rings. The van der Waals surface area contributed by atoms with Crippen LogP contribution in [0.2, 0.25) is 0 Å². The van der Waals surface area contributed by atoms with E-state index in [9.17, 15) is 9.59 Å². The number of aryl methyl sites for hydroxylation is 3. The first-order valence-electron chi connectivity index (χ1n) is 9.06. The van der Waals surface area contributed by atoms with Crippen LogP contribution in [0.5, 0.6) is 0 Å². The van der Waals surface area contributed by atoms with E-state index < -0.39 is 5.41 Å². The van der Waals surface area contributed by atoms with Crippen molar-refractivity contribution in [3.63, 3.8) is 0 Å². The van der Waals surface area contributed by atoms with E-state index in [0.717, 1.165) is 42.4 Å². The minimum Gasteiger partial charge on any atom is -0.466 e. The zero-order valence-electron chi connectivity index (χ0n) is 15.7. The number of ketones is 1. The molecule has 0 heterocycles. The summed E-state index contributed by atoms with van der Waals surface area (Å²) in [5.74, 6) is -0.258. The van der Waals surface area contributed by atoms with Crippen LogP contribution in [-0.4, -0.2) is 18.4 Å². The minimum absolute atomic E-state index is 0.181. The molecule has 0 bridgehead atoms. The molecule has 1 fully saturated rings. The quantitative estimate of drug-likeness (QED) is 0.747. The number of hydrogen-bond acceptors (Lipinski definition) is 3. The third kappa shape index (κ3) is 3.71. The van der Waals surface area contributed by atoms with Crippen LogP contribution < -0.4 is 0 Å². The van der Waals surface area contributed by atoms with E-state index in [1.807, 2.05) is 13.8 Å². The van der Waals surface area contributed by atoms with E-state index in [1.54, 1.807) is 0 Å². The summed E-state index contributed by atoms with van der Waals surface area (Å²) < 4.78 is 5.29. The Morgan fingerprint density at radius 3 is 2.38 bits per heavy atom. The fraction of sp³-hybridized carbons (Fsp3) is 0.619. The summed E-state index contributed by atoms with van der Waals surface area (Å²) in [7, 11) is 0. The second-order valence-corrected chi connectivity index (χ2v) is 7.46. The Labute approximate surface area is 145 Å². The lowest BCUT2D eigenvalue weighted by molar-refractivity contribution is -0.163. The fourth-order valence-electron chi connectivity index (χ4n) is 4.18. The van der Waals surface area contributed by atoms with Gasteiger partial charge < -0.3 is 4.74 Å². The summed E-state index contributed by atoms with van der Waals surface area (Å²) in [6.07, 6.45) is 3.95. The van der Waals surface area contributed by atoms with Gasteiger partial charge in [-0.1, -0.05) is 30.5 Å². The van der Waals surface area contributed by atoms with E-state index in [-0.39, 0.29) is 17.7 Å². The molecule has 0 radical (unpaired) electrons. The Morgan fingerprint density at radius 1 is 1.17 bits per heavy atom. The smallest absolute Gasteiger partial charge is 0.312 e. The van der Waals surface area contributed by atoms with Gasteiger partial charge in [-0.15, -0.1) is 0 Å². The van der Waals surface area contributed by atoms with Crippen molar-refractivity contribution in [2.75, 3.05) is 6.61 Å². The first-order chi connectivity index (χ1) is 11.3. The molecule has 2 atom stereocenters. The van der Waals surface area contributed by atoms with Gasteiger partial charge in [-0.2, -0.15) is 0 Å². The molecule has 1 aliphatic rings. The summed E-state index contributed by atoms with van der Waals surface area (Å²) in [6, 6.07) is 4.25. The SMILES string of the molecule is CCOC(=O)C1(C)CCCCC1C(=O)Cc1c(C)cc(C)cc1C. The lowest BCUT2D eigenvalue weighted by Gasteiger charge is -2.38. The molecule has 1 aromatic carbocycles. The zero-order valence-corrected chi connectivity index (χ0v) is 15.7. The Kier molecular flexibility index (Phi) is 5.84. The van der Waals surface area contributed by atoms with Crippen LogP contribution in [-0.2, 0) is 20.7 Å². The van der Waals surface area contributed by atoms with Gasteiger partial charge in [0.05, 0.1) is 12.0 Å². The van der Waals surface area contributed by atoms with Crippen molar-refractivity contribution in [2.24, 2.45) is 11.3 Å². The molecule has 1 saturated carbocycles. The van der Waals surface area contributed by atoms with Crippen LogP contribution >= 0.6 is 0 Å². The second-order valence-electron chi connectivity index (χ2n) is 7.46. The molecule has 0 saturated heterocycles. The topological polar surface area (TPSA) is 43.4 Å². The first-order valence-corrected chi connectivity index (χ1v) is 9.06. The number of carbonyl (C=O) groups is 2. The van der Waals surface area contributed by atoms with E-state index in [1.165, 1.54) is 5.56 Å². The molecule has 0 spiro atoms. The summed E-state index contributed by atoms with van der Waals surface area (Å²) >= 11 is 0. The summed E-state index contributed by atoms with van der Waals surface area (Å²) in [5.41, 5.74) is 3.99. The van der Waals surface area contributed by atoms with Gasteiger partial charge in [0.2, 0.25) is 0 Å². The van der Waals surface area contributed by atoms with Gasteiger partial charge in [0.15, 0.2) is 0 Å². The number of Topliss-reactive ketones (excluding diaryl/α,β-unsaturated/α-hetero) is 1. The lowest BCUT2D eigenvalue weighted by Crippen LogP contribution is -2.44. The maximum atomic E-state index is 13.1. The third-order valence-corrected chi connectivity index (χ3v) is 5.53. The van der Waals surface area contributed by atoms with E-state index in [4.69, 9.17) is 4.74 Å². The maximum Gasteiger partial charge on any atom is 0.312 e. The van der Waals surface area contributed by atoms with Gasteiger partial charge in [-0.25, -0.2) is 0 Å². The Hall–Kier alpha value is -1.64. The molecule has 3 nitrogen and oxygen atoms in total. The number of ether oxygens (including phenoxy) is 1. The predicted octanol–water partition coefficient (Wildman–Crippen LogP) is 4.48. The van der Waals surface area contributed by atoms with Gasteiger partial charge in [-0.3, -0.25) is 9.59 Å². The van der Waals surface area contributed by atoms with Crippen LogP contribution in [0.1, 0.15) is 61.8 Å². The normalized spacial score (nSPS) is 23.8. The number of benzene rings is 1. The molecule has 132 valence electrons. The van der Waals surface area contributed by atoms with Gasteiger partial charge in [-0.05, 0) is 64.2 Å². The van der Waals surface area contributed by atoms with Crippen molar-refractivity contribution >= 4 is 11.8 Å². The van der Waals surface area contributed by atoms with Crippen molar-refractivity contribution in [1.29, 1.82) is 0 Å². The van der Waals surface area contributed by atoms with Crippen molar-refractivity contribution in [2.45, 2.75) is 66.7 Å². The largest absolute Gasteiger partial charge is 0.466 e. The average Bonchev–Trinajstić information content (AvgIpc) is 2.51.